The minimum absolute atomic E-state index is 0.338. The molecule has 0 spiro atoms. The van der Waals surface area contributed by atoms with Crippen molar-refractivity contribution in [1.29, 1.82) is 0 Å². The molecule has 24 heavy (non-hydrogen) atoms. The number of nitrogens with zero attached hydrogens (tertiary/aromatic N) is 1. The fraction of sp³-hybridized carbons (Fsp3) is 0.200. The number of aliphatic imine (C=N–C) groups is 1. The van der Waals surface area contributed by atoms with Gasteiger partial charge in [-0.05, 0) is 48.7 Å². The van der Waals surface area contributed by atoms with Gasteiger partial charge in [-0.3, -0.25) is 0 Å². The van der Waals surface area contributed by atoms with Crippen molar-refractivity contribution in [2.24, 2.45) is 4.99 Å². The number of carbonyl (C=O) groups is 1. The molecular formula is C20H19NO3. The van der Waals surface area contributed by atoms with Crippen LogP contribution in [0.3, 0.4) is 0 Å². The molecule has 0 saturated carbocycles. The van der Waals surface area contributed by atoms with Gasteiger partial charge in [-0.25, -0.2) is 9.79 Å². The van der Waals surface area contributed by atoms with E-state index in [1.165, 1.54) is 5.56 Å². The van der Waals surface area contributed by atoms with Crippen LogP contribution in [-0.2, 0) is 16.0 Å². The third-order valence-corrected chi connectivity index (χ3v) is 3.90. The van der Waals surface area contributed by atoms with E-state index in [0.717, 1.165) is 22.4 Å². The number of carbonyl (C=O) groups excluding carboxylic acids is 1. The van der Waals surface area contributed by atoms with Crippen LogP contribution in [-0.4, -0.2) is 19.0 Å². The number of hydrogen-bond acceptors (Lipinski definition) is 4. The van der Waals surface area contributed by atoms with E-state index < -0.39 is 5.97 Å². The second-order valence-electron chi connectivity index (χ2n) is 5.81. The summed E-state index contributed by atoms with van der Waals surface area (Å²) in [5.74, 6) is 0.805. The molecule has 0 aromatic heterocycles. The summed E-state index contributed by atoms with van der Waals surface area (Å²) in [6.07, 6.45) is 2.25. The molecule has 2 aromatic rings. The predicted octanol–water partition coefficient (Wildman–Crippen LogP) is 3.85. The number of ether oxygens (including phenoxy) is 2. The summed E-state index contributed by atoms with van der Waals surface area (Å²) in [5.41, 5.74) is 4.61. The van der Waals surface area contributed by atoms with Gasteiger partial charge in [0.1, 0.15) is 5.75 Å². The smallest absolute Gasteiger partial charge is 0.363 e. The minimum Gasteiger partial charge on any atom is -0.497 e. The molecule has 122 valence electrons. The Morgan fingerprint density at radius 2 is 1.88 bits per heavy atom. The first-order valence-corrected chi connectivity index (χ1v) is 7.77. The first-order valence-electron chi connectivity index (χ1n) is 7.77. The average Bonchev–Trinajstić information content (AvgIpc) is 2.90. The highest BCUT2D eigenvalue weighted by molar-refractivity contribution is 6.07. The normalized spacial score (nSPS) is 15.4. The molecule has 1 aliphatic rings. The quantitative estimate of drug-likeness (QED) is 0.635. The summed E-state index contributed by atoms with van der Waals surface area (Å²) < 4.78 is 10.4. The second kappa shape index (κ2) is 6.71. The van der Waals surface area contributed by atoms with Crippen LogP contribution in [0.2, 0.25) is 0 Å². The van der Waals surface area contributed by atoms with Crippen molar-refractivity contribution in [1.82, 2.24) is 0 Å². The molecule has 0 amide bonds. The Kier molecular flexibility index (Phi) is 4.47. The lowest BCUT2D eigenvalue weighted by atomic mass is 10.0. The Morgan fingerprint density at radius 3 is 2.54 bits per heavy atom. The lowest BCUT2D eigenvalue weighted by molar-refractivity contribution is -0.130. The van der Waals surface area contributed by atoms with Crippen LogP contribution in [0.15, 0.2) is 53.2 Å². The largest absolute Gasteiger partial charge is 0.497 e. The predicted molar refractivity (Wildman–Crippen MR) is 94.1 cm³/mol. The zero-order valence-electron chi connectivity index (χ0n) is 14.0. The SMILES string of the molecule is COc1ccc(CC2=N/C(=C\c3ccc(C)cc3C)C(=O)O2)cc1. The molecule has 4 nitrogen and oxygen atoms in total. The maximum atomic E-state index is 12.0. The molecule has 0 N–H and O–H groups in total. The number of benzene rings is 2. The van der Waals surface area contributed by atoms with Crippen molar-refractivity contribution in [2.75, 3.05) is 7.11 Å². The van der Waals surface area contributed by atoms with Crippen molar-refractivity contribution in [3.8, 4) is 5.75 Å². The van der Waals surface area contributed by atoms with Gasteiger partial charge in [0, 0.05) is 6.42 Å². The lowest BCUT2D eigenvalue weighted by Crippen LogP contribution is -2.06. The summed E-state index contributed by atoms with van der Waals surface area (Å²) in [5, 5.41) is 0. The third-order valence-electron chi connectivity index (χ3n) is 3.90. The van der Waals surface area contributed by atoms with Gasteiger partial charge < -0.3 is 9.47 Å². The van der Waals surface area contributed by atoms with Gasteiger partial charge in [0.2, 0.25) is 5.90 Å². The Labute approximate surface area is 141 Å². The molecule has 3 rings (SSSR count). The van der Waals surface area contributed by atoms with E-state index in [-0.39, 0.29) is 0 Å². The lowest BCUT2D eigenvalue weighted by Gasteiger charge is -2.02. The van der Waals surface area contributed by atoms with Gasteiger partial charge in [-0.2, -0.15) is 0 Å². The summed E-state index contributed by atoms with van der Waals surface area (Å²) in [6.45, 7) is 4.06. The van der Waals surface area contributed by atoms with Crippen molar-refractivity contribution >= 4 is 17.9 Å². The van der Waals surface area contributed by atoms with E-state index in [1.807, 2.05) is 50.2 Å². The molecule has 0 radical (unpaired) electrons. The Morgan fingerprint density at radius 1 is 1.12 bits per heavy atom. The molecule has 0 fully saturated rings. The van der Waals surface area contributed by atoms with Gasteiger partial charge in [0.05, 0.1) is 7.11 Å². The highest BCUT2D eigenvalue weighted by Crippen LogP contribution is 2.21. The Bertz CT molecular complexity index is 832. The molecule has 1 heterocycles. The van der Waals surface area contributed by atoms with Gasteiger partial charge >= 0.3 is 5.97 Å². The number of cyclic esters (lactones) is 1. The van der Waals surface area contributed by atoms with E-state index in [4.69, 9.17) is 9.47 Å². The fourth-order valence-corrected chi connectivity index (χ4v) is 2.58. The van der Waals surface area contributed by atoms with Crippen molar-refractivity contribution in [3.63, 3.8) is 0 Å². The van der Waals surface area contributed by atoms with Crippen LogP contribution in [0.4, 0.5) is 0 Å². The standard InChI is InChI=1S/C20H19NO3/c1-13-4-7-16(14(2)10-13)12-18-20(22)24-19(21-18)11-15-5-8-17(23-3)9-6-15/h4-10,12H,11H2,1-3H3/b18-12-. The Balaban J connectivity index is 1.80. The van der Waals surface area contributed by atoms with Crippen LogP contribution < -0.4 is 4.74 Å². The van der Waals surface area contributed by atoms with E-state index in [1.54, 1.807) is 13.2 Å². The molecule has 0 bridgehead atoms. The highest BCUT2D eigenvalue weighted by atomic mass is 16.6. The number of aryl methyl sites for hydroxylation is 2. The third kappa shape index (κ3) is 3.54. The minimum atomic E-state index is -0.404. The van der Waals surface area contributed by atoms with Crippen molar-refractivity contribution < 1.29 is 14.3 Å². The fourth-order valence-electron chi connectivity index (χ4n) is 2.58. The van der Waals surface area contributed by atoms with E-state index >= 15 is 0 Å². The van der Waals surface area contributed by atoms with Crippen LogP contribution >= 0.6 is 0 Å². The van der Waals surface area contributed by atoms with Gasteiger partial charge in [0.15, 0.2) is 5.70 Å². The van der Waals surface area contributed by atoms with Crippen LogP contribution in [0.5, 0.6) is 5.75 Å². The summed E-state index contributed by atoms with van der Waals surface area (Å²) in [4.78, 5) is 16.4. The molecule has 2 aromatic carbocycles. The number of rotatable bonds is 4. The van der Waals surface area contributed by atoms with Gasteiger partial charge in [0.25, 0.3) is 0 Å². The van der Waals surface area contributed by atoms with Crippen LogP contribution in [0.1, 0.15) is 22.3 Å². The maximum Gasteiger partial charge on any atom is 0.363 e. The molecule has 0 saturated heterocycles. The first-order chi connectivity index (χ1) is 11.5. The molecule has 0 atom stereocenters. The zero-order chi connectivity index (χ0) is 17.1. The van der Waals surface area contributed by atoms with Crippen LogP contribution in [0, 0.1) is 13.8 Å². The number of methoxy groups -OCH3 is 1. The van der Waals surface area contributed by atoms with E-state index in [9.17, 15) is 4.79 Å². The molecule has 4 heteroatoms. The maximum absolute atomic E-state index is 12.0. The summed E-state index contributed by atoms with van der Waals surface area (Å²) >= 11 is 0. The number of esters is 1. The van der Waals surface area contributed by atoms with Gasteiger partial charge in [-0.15, -0.1) is 0 Å². The van der Waals surface area contributed by atoms with Crippen molar-refractivity contribution in [3.05, 3.63) is 70.4 Å². The molecular weight excluding hydrogens is 302 g/mol. The molecule has 0 unspecified atom stereocenters. The zero-order valence-corrected chi connectivity index (χ0v) is 14.0. The van der Waals surface area contributed by atoms with Crippen LogP contribution in [0.25, 0.3) is 6.08 Å². The highest BCUT2D eigenvalue weighted by Gasteiger charge is 2.23. The average molecular weight is 321 g/mol. The van der Waals surface area contributed by atoms with E-state index in [2.05, 4.69) is 11.1 Å². The Hall–Kier alpha value is -2.88. The first kappa shape index (κ1) is 16.0. The second-order valence-corrected chi connectivity index (χ2v) is 5.81. The molecule has 0 aliphatic carbocycles. The van der Waals surface area contributed by atoms with Crippen molar-refractivity contribution in [2.45, 2.75) is 20.3 Å². The van der Waals surface area contributed by atoms with E-state index in [0.29, 0.717) is 18.0 Å². The monoisotopic (exact) mass is 321 g/mol. The molecule has 1 aliphatic heterocycles. The summed E-state index contributed by atoms with van der Waals surface area (Å²) in [7, 11) is 1.63. The number of hydrogen-bond donors (Lipinski definition) is 0. The topological polar surface area (TPSA) is 47.9 Å². The van der Waals surface area contributed by atoms with Gasteiger partial charge in [-0.1, -0.05) is 35.9 Å². The summed E-state index contributed by atoms with van der Waals surface area (Å²) in [6, 6.07) is 13.7.